The lowest BCUT2D eigenvalue weighted by atomic mass is 9.81. The number of hydrogen-bond donors (Lipinski definition) is 1. The molecule has 7 nitrogen and oxygen atoms in total. The van der Waals surface area contributed by atoms with Crippen molar-refractivity contribution in [2.75, 3.05) is 26.3 Å². The van der Waals surface area contributed by atoms with Crippen molar-refractivity contribution in [1.29, 1.82) is 0 Å². The van der Waals surface area contributed by atoms with Crippen LogP contribution in [-0.4, -0.2) is 48.9 Å². The molecule has 3 amide bonds. The summed E-state index contributed by atoms with van der Waals surface area (Å²) in [6.45, 7) is 5.18. The van der Waals surface area contributed by atoms with E-state index in [1.165, 1.54) is 0 Å². The first-order valence-corrected chi connectivity index (χ1v) is 10.6. The molecule has 158 valence electrons. The first kappa shape index (κ1) is 21.1. The van der Waals surface area contributed by atoms with Gasteiger partial charge < -0.3 is 14.8 Å². The van der Waals surface area contributed by atoms with Gasteiger partial charge in [-0.1, -0.05) is 18.9 Å². The van der Waals surface area contributed by atoms with Crippen LogP contribution in [0.2, 0.25) is 0 Å². The van der Waals surface area contributed by atoms with Crippen LogP contribution >= 0.6 is 0 Å². The Kier molecular flexibility index (Phi) is 7.12. The lowest BCUT2D eigenvalue weighted by molar-refractivity contribution is -0.143. The highest BCUT2D eigenvalue weighted by atomic mass is 16.5. The monoisotopic (exact) mass is 402 g/mol. The van der Waals surface area contributed by atoms with Crippen LogP contribution in [-0.2, 0) is 20.8 Å². The average molecular weight is 402 g/mol. The number of hydrogen-bond acceptors (Lipinski definition) is 5. The van der Waals surface area contributed by atoms with Crippen LogP contribution in [0.4, 0.5) is 0 Å². The maximum absolute atomic E-state index is 12.5. The highest BCUT2D eigenvalue weighted by Gasteiger charge is 2.48. The topological polar surface area (TPSA) is 84.9 Å². The Labute approximate surface area is 171 Å². The maximum Gasteiger partial charge on any atom is 0.240 e. The minimum Gasteiger partial charge on any atom is -0.490 e. The molecule has 2 atom stereocenters. The molecule has 0 aromatic heterocycles. The summed E-state index contributed by atoms with van der Waals surface area (Å²) in [6.07, 6.45) is 4.09. The Morgan fingerprint density at radius 2 is 1.66 bits per heavy atom. The van der Waals surface area contributed by atoms with Gasteiger partial charge in [-0.2, -0.15) is 0 Å². The normalized spacial score (nSPS) is 21.1. The predicted octanol–water partition coefficient (Wildman–Crippen LogP) is 2.32. The Balaban J connectivity index is 1.50. The molecule has 1 aromatic carbocycles. The Morgan fingerprint density at radius 3 is 2.28 bits per heavy atom. The molecule has 1 N–H and O–H groups in total. The third kappa shape index (κ3) is 4.89. The van der Waals surface area contributed by atoms with Gasteiger partial charge >= 0.3 is 0 Å². The van der Waals surface area contributed by atoms with Gasteiger partial charge in [-0.15, -0.1) is 0 Å². The second-order valence-electron chi connectivity index (χ2n) is 7.51. The summed E-state index contributed by atoms with van der Waals surface area (Å²) < 4.78 is 11.2. The first-order chi connectivity index (χ1) is 14.0. The number of carbonyl (C=O) groups is 3. The third-order valence-electron chi connectivity index (χ3n) is 5.58. The van der Waals surface area contributed by atoms with Crippen LogP contribution in [0.3, 0.4) is 0 Å². The van der Waals surface area contributed by atoms with Crippen molar-refractivity contribution >= 4 is 17.7 Å². The fourth-order valence-corrected chi connectivity index (χ4v) is 4.18. The molecular weight excluding hydrogens is 372 g/mol. The van der Waals surface area contributed by atoms with E-state index >= 15 is 0 Å². The van der Waals surface area contributed by atoms with E-state index in [0.717, 1.165) is 36.1 Å². The highest BCUT2D eigenvalue weighted by molar-refractivity contribution is 6.07. The first-order valence-electron chi connectivity index (χ1n) is 10.6. The van der Waals surface area contributed by atoms with Gasteiger partial charge in [0.2, 0.25) is 17.7 Å². The number of ether oxygens (including phenoxy) is 2. The fourth-order valence-electron chi connectivity index (χ4n) is 4.18. The second kappa shape index (κ2) is 9.76. The standard InChI is InChI=1S/C22H30N2O5/c1-3-28-18-10-9-15(13-19(18)29-4-2)11-12-23-20(25)14-24-21(26)16-7-5-6-8-17(16)22(24)27/h9-10,13,16-17H,3-8,11-12,14H2,1-2H3,(H,23,25). The van der Waals surface area contributed by atoms with E-state index in [-0.39, 0.29) is 36.1 Å². The fraction of sp³-hybridized carbons (Fsp3) is 0.591. The van der Waals surface area contributed by atoms with Gasteiger partial charge in [0.25, 0.3) is 0 Å². The molecule has 1 heterocycles. The molecule has 0 spiro atoms. The molecule has 2 aliphatic rings. The third-order valence-corrected chi connectivity index (χ3v) is 5.58. The molecule has 1 aliphatic heterocycles. The summed E-state index contributed by atoms with van der Waals surface area (Å²) in [5, 5.41) is 2.81. The van der Waals surface area contributed by atoms with E-state index in [4.69, 9.17) is 9.47 Å². The van der Waals surface area contributed by atoms with Gasteiger partial charge in [0, 0.05) is 6.54 Å². The zero-order chi connectivity index (χ0) is 20.8. The Bertz CT molecular complexity index is 740. The van der Waals surface area contributed by atoms with E-state index in [1.54, 1.807) is 0 Å². The minimum absolute atomic E-state index is 0.178. The minimum atomic E-state index is -0.304. The number of nitrogens with one attached hydrogen (secondary N) is 1. The van der Waals surface area contributed by atoms with Gasteiger partial charge in [0.15, 0.2) is 11.5 Å². The summed E-state index contributed by atoms with van der Waals surface area (Å²) in [6, 6.07) is 5.73. The van der Waals surface area contributed by atoms with Gasteiger partial charge in [0.05, 0.1) is 25.0 Å². The molecule has 1 saturated heterocycles. The summed E-state index contributed by atoms with van der Waals surface area (Å²) in [4.78, 5) is 38.4. The van der Waals surface area contributed by atoms with E-state index < -0.39 is 0 Å². The van der Waals surface area contributed by atoms with Crippen molar-refractivity contribution in [3.8, 4) is 11.5 Å². The SMILES string of the molecule is CCOc1ccc(CCNC(=O)CN2C(=O)C3CCCCC3C2=O)cc1OCC. The van der Waals surface area contributed by atoms with Crippen LogP contribution in [0.15, 0.2) is 18.2 Å². The summed E-state index contributed by atoms with van der Waals surface area (Å²) >= 11 is 0. The lowest BCUT2D eigenvalue weighted by Gasteiger charge is -2.19. The average Bonchev–Trinajstić information content (AvgIpc) is 2.95. The molecule has 1 saturated carbocycles. The van der Waals surface area contributed by atoms with Crippen molar-refractivity contribution in [3.63, 3.8) is 0 Å². The number of imide groups is 1. The molecule has 7 heteroatoms. The smallest absolute Gasteiger partial charge is 0.240 e. The van der Waals surface area contributed by atoms with E-state index in [9.17, 15) is 14.4 Å². The summed E-state index contributed by atoms with van der Waals surface area (Å²) in [5.41, 5.74) is 1.01. The van der Waals surface area contributed by atoms with E-state index in [1.807, 2.05) is 32.0 Å². The molecule has 29 heavy (non-hydrogen) atoms. The van der Waals surface area contributed by atoms with Crippen LogP contribution < -0.4 is 14.8 Å². The van der Waals surface area contributed by atoms with Gasteiger partial charge in [0.1, 0.15) is 6.54 Å². The number of rotatable bonds is 9. The molecule has 1 aromatic rings. The largest absolute Gasteiger partial charge is 0.490 e. The number of amides is 3. The van der Waals surface area contributed by atoms with Gasteiger partial charge in [-0.05, 0) is 50.8 Å². The van der Waals surface area contributed by atoms with Crippen LogP contribution in [0.25, 0.3) is 0 Å². The molecule has 3 rings (SSSR count). The summed E-state index contributed by atoms with van der Waals surface area (Å²) in [7, 11) is 0. The number of likely N-dealkylation sites (tertiary alicyclic amines) is 1. The number of carbonyl (C=O) groups excluding carboxylic acids is 3. The van der Waals surface area contributed by atoms with Crippen molar-refractivity contribution < 1.29 is 23.9 Å². The van der Waals surface area contributed by atoms with E-state index in [0.29, 0.717) is 37.7 Å². The van der Waals surface area contributed by atoms with Crippen LogP contribution in [0.5, 0.6) is 11.5 Å². The van der Waals surface area contributed by atoms with Crippen LogP contribution in [0.1, 0.15) is 45.1 Å². The molecule has 2 unspecified atom stereocenters. The zero-order valence-electron chi connectivity index (χ0n) is 17.2. The molecule has 0 bridgehead atoms. The van der Waals surface area contributed by atoms with Crippen molar-refractivity contribution in [1.82, 2.24) is 10.2 Å². The van der Waals surface area contributed by atoms with Crippen LogP contribution in [0, 0.1) is 11.8 Å². The number of benzene rings is 1. The molecular formula is C22H30N2O5. The summed E-state index contributed by atoms with van der Waals surface area (Å²) in [5.74, 6) is 0.297. The maximum atomic E-state index is 12.5. The highest BCUT2D eigenvalue weighted by Crippen LogP contribution is 2.37. The molecule has 1 aliphatic carbocycles. The molecule has 0 radical (unpaired) electrons. The lowest BCUT2D eigenvalue weighted by Crippen LogP contribution is -2.41. The Morgan fingerprint density at radius 1 is 1.03 bits per heavy atom. The molecule has 2 fully saturated rings. The van der Waals surface area contributed by atoms with Crippen molar-refractivity contribution in [2.45, 2.75) is 46.0 Å². The van der Waals surface area contributed by atoms with Gasteiger partial charge in [-0.25, -0.2) is 0 Å². The van der Waals surface area contributed by atoms with Gasteiger partial charge in [-0.3, -0.25) is 19.3 Å². The predicted molar refractivity (Wildman–Crippen MR) is 108 cm³/mol. The van der Waals surface area contributed by atoms with Crippen molar-refractivity contribution in [2.24, 2.45) is 11.8 Å². The van der Waals surface area contributed by atoms with Crippen molar-refractivity contribution in [3.05, 3.63) is 23.8 Å². The second-order valence-corrected chi connectivity index (χ2v) is 7.51. The zero-order valence-corrected chi connectivity index (χ0v) is 17.2. The van der Waals surface area contributed by atoms with E-state index in [2.05, 4.69) is 5.32 Å². The Hall–Kier alpha value is -2.57. The number of fused-ring (bicyclic) bond motifs is 1. The number of nitrogens with zero attached hydrogens (tertiary/aromatic N) is 1. The quantitative estimate of drug-likeness (QED) is 0.641.